The second-order valence-electron chi connectivity index (χ2n) is 5.87. The van der Waals surface area contributed by atoms with Gasteiger partial charge in [-0.3, -0.25) is 4.79 Å². The topological polar surface area (TPSA) is 52.6 Å². The summed E-state index contributed by atoms with van der Waals surface area (Å²) >= 11 is 0. The lowest BCUT2D eigenvalue weighted by Crippen LogP contribution is -2.47. The number of nitrogens with zero attached hydrogens (tertiary/aromatic N) is 1. The molecular formula is C14H28N2O2. The smallest absolute Gasteiger partial charge is 0.323 e. The van der Waals surface area contributed by atoms with Crippen LogP contribution < -0.4 is 5.32 Å². The first-order valence-electron chi connectivity index (χ1n) is 7.12. The van der Waals surface area contributed by atoms with Gasteiger partial charge in [-0.2, -0.15) is 0 Å². The zero-order chi connectivity index (χ0) is 13.6. The Kier molecular flexibility index (Phi) is 6.09. The molecule has 1 saturated heterocycles. The molecule has 0 bridgehead atoms. The third-order valence-corrected chi connectivity index (χ3v) is 4.30. The minimum absolute atomic E-state index is 0.697. The molecule has 0 radical (unpaired) electrons. The Morgan fingerprint density at radius 1 is 1.39 bits per heavy atom. The van der Waals surface area contributed by atoms with Crippen molar-refractivity contribution >= 4 is 5.97 Å². The van der Waals surface area contributed by atoms with Crippen molar-refractivity contribution in [2.45, 2.75) is 51.5 Å². The highest BCUT2D eigenvalue weighted by Gasteiger charge is 2.30. The Labute approximate surface area is 111 Å². The number of carbonyl (C=O) groups is 1. The Morgan fingerprint density at radius 2 is 2.00 bits per heavy atom. The Bertz CT molecular complexity index is 263. The van der Waals surface area contributed by atoms with Gasteiger partial charge in [-0.05, 0) is 71.6 Å². The fraction of sp³-hybridized carbons (Fsp3) is 0.929. The molecule has 1 fully saturated rings. The van der Waals surface area contributed by atoms with Gasteiger partial charge < -0.3 is 15.3 Å². The van der Waals surface area contributed by atoms with Crippen molar-refractivity contribution in [1.29, 1.82) is 0 Å². The summed E-state index contributed by atoms with van der Waals surface area (Å²) in [4.78, 5) is 13.6. The number of nitrogens with one attached hydrogen (secondary N) is 1. The molecule has 0 aromatic carbocycles. The summed E-state index contributed by atoms with van der Waals surface area (Å²) in [5.41, 5.74) is -0.767. The van der Waals surface area contributed by atoms with Crippen molar-refractivity contribution in [3.63, 3.8) is 0 Å². The number of hydrogen-bond donors (Lipinski definition) is 2. The van der Waals surface area contributed by atoms with Crippen LogP contribution in [0.3, 0.4) is 0 Å². The summed E-state index contributed by atoms with van der Waals surface area (Å²) in [7, 11) is 1.72. The molecule has 1 aliphatic rings. The SMILES string of the molecule is CNC(C)(CCCCN1CCC(C)CC1)C(=O)O. The maximum atomic E-state index is 11.1. The van der Waals surface area contributed by atoms with Gasteiger partial charge in [0.15, 0.2) is 0 Å². The first-order valence-corrected chi connectivity index (χ1v) is 7.12. The van der Waals surface area contributed by atoms with Crippen molar-refractivity contribution in [2.24, 2.45) is 5.92 Å². The van der Waals surface area contributed by atoms with Gasteiger partial charge in [0.1, 0.15) is 5.54 Å². The first-order chi connectivity index (χ1) is 8.48. The highest BCUT2D eigenvalue weighted by Crippen LogP contribution is 2.18. The van der Waals surface area contributed by atoms with Crippen LogP contribution in [0.25, 0.3) is 0 Å². The average Bonchev–Trinajstić information content (AvgIpc) is 2.36. The number of carboxylic acid groups (broad SMARTS) is 1. The van der Waals surface area contributed by atoms with Crippen LogP contribution in [-0.4, -0.2) is 48.2 Å². The van der Waals surface area contributed by atoms with Gasteiger partial charge in [0.25, 0.3) is 0 Å². The normalized spacial score (nSPS) is 21.7. The molecule has 18 heavy (non-hydrogen) atoms. The molecule has 1 atom stereocenters. The van der Waals surface area contributed by atoms with Gasteiger partial charge in [0.05, 0.1) is 0 Å². The number of carboxylic acids is 1. The number of unbranched alkanes of at least 4 members (excludes halogenated alkanes) is 1. The molecular weight excluding hydrogens is 228 g/mol. The highest BCUT2D eigenvalue weighted by atomic mass is 16.4. The van der Waals surface area contributed by atoms with Crippen molar-refractivity contribution in [3.8, 4) is 0 Å². The largest absolute Gasteiger partial charge is 0.480 e. The van der Waals surface area contributed by atoms with E-state index in [0.29, 0.717) is 6.42 Å². The van der Waals surface area contributed by atoms with Gasteiger partial charge in [-0.15, -0.1) is 0 Å². The van der Waals surface area contributed by atoms with E-state index in [1.165, 1.54) is 25.9 Å². The van der Waals surface area contributed by atoms with Crippen LogP contribution in [0, 0.1) is 5.92 Å². The van der Waals surface area contributed by atoms with E-state index in [1.807, 2.05) is 0 Å². The molecule has 2 N–H and O–H groups in total. The number of hydrogen-bond acceptors (Lipinski definition) is 3. The zero-order valence-electron chi connectivity index (χ0n) is 12.0. The maximum Gasteiger partial charge on any atom is 0.323 e. The summed E-state index contributed by atoms with van der Waals surface area (Å²) in [6.45, 7) is 7.62. The molecule has 1 heterocycles. The Balaban J connectivity index is 2.16. The minimum atomic E-state index is -0.767. The van der Waals surface area contributed by atoms with E-state index in [9.17, 15) is 4.79 Å². The first kappa shape index (κ1) is 15.4. The molecule has 0 aromatic rings. The quantitative estimate of drug-likeness (QED) is 0.684. The summed E-state index contributed by atoms with van der Waals surface area (Å²) in [5.74, 6) is 0.123. The van der Waals surface area contributed by atoms with Crippen molar-refractivity contribution < 1.29 is 9.90 Å². The van der Waals surface area contributed by atoms with E-state index in [4.69, 9.17) is 5.11 Å². The van der Waals surface area contributed by atoms with Gasteiger partial charge in [-0.1, -0.05) is 6.92 Å². The number of likely N-dealkylation sites (N-methyl/N-ethyl adjacent to an activating group) is 1. The molecule has 4 nitrogen and oxygen atoms in total. The van der Waals surface area contributed by atoms with Gasteiger partial charge in [0, 0.05) is 0 Å². The van der Waals surface area contributed by atoms with Crippen molar-refractivity contribution in [3.05, 3.63) is 0 Å². The third-order valence-electron chi connectivity index (χ3n) is 4.30. The zero-order valence-corrected chi connectivity index (χ0v) is 12.0. The Morgan fingerprint density at radius 3 is 2.50 bits per heavy atom. The molecule has 106 valence electrons. The lowest BCUT2D eigenvalue weighted by Gasteiger charge is -2.30. The summed E-state index contributed by atoms with van der Waals surface area (Å²) in [6, 6.07) is 0. The van der Waals surface area contributed by atoms with Crippen LogP contribution in [0.5, 0.6) is 0 Å². The second kappa shape index (κ2) is 7.10. The monoisotopic (exact) mass is 256 g/mol. The van der Waals surface area contributed by atoms with Crippen LogP contribution >= 0.6 is 0 Å². The maximum absolute atomic E-state index is 11.1. The lowest BCUT2D eigenvalue weighted by molar-refractivity contribution is -0.144. The van der Waals surface area contributed by atoms with E-state index < -0.39 is 11.5 Å². The predicted octanol–water partition coefficient (Wildman–Crippen LogP) is 1.95. The third kappa shape index (κ3) is 4.58. The van der Waals surface area contributed by atoms with Crippen LogP contribution in [0.15, 0.2) is 0 Å². The van der Waals surface area contributed by atoms with E-state index in [-0.39, 0.29) is 0 Å². The Hall–Kier alpha value is -0.610. The predicted molar refractivity (Wildman–Crippen MR) is 73.8 cm³/mol. The summed E-state index contributed by atoms with van der Waals surface area (Å²) < 4.78 is 0. The van der Waals surface area contributed by atoms with Crippen LogP contribution in [0.1, 0.15) is 46.0 Å². The average molecular weight is 256 g/mol. The molecule has 0 amide bonds. The van der Waals surface area contributed by atoms with Gasteiger partial charge in [0.2, 0.25) is 0 Å². The molecule has 1 rings (SSSR count). The molecule has 4 heteroatoms. The standard InChI is InChI=1S/C14H28N2O2/c1-12-6-10-16(11-7-12)9-5-4-8-14(2,15-3)13(17)18/h12,15H,4-11H2,1-3H3,(H,17,18). The van der Waals surface area contributed by atoms with Crippen LogP contribution in [0.2, 0.25) is 0 Å². The minimum Gasteiger partial charge on any atom is -0.480 e. The fourth-order valence-electron chi connectivity index (χ4n) is 2.44. The van der Waals surface area contributed by atoms with Crippen molar-refractivity contribution in [1.82, 2.24) is 10.2 Å². The number of aliphatic carboxylic acids is 1. The van der Waals surface area contributed by atoms with Crippen LogP contribution in [0.4, 0.5) is 0 Å². The molecule has 1 aliphatic heterocycles. The fourth-order valence-corrected chi connectivity index (χ4v) is 2.44. The van der Waals surface area contributed by atoms with E-state index in [0.717, 1.165) is 25.3 Å². The van der Waals surface area contributed by atoms with E-state index in [1.54, 1.807) is 14.0 Å². The summed E-state index contributed by atoms with van der Waals surface area (Å²) in [6.07, 6.45) is 5.38. The van der Waals surface area contributed by atoms with E-state index >= 15 is 0 Å². The molecule has 0 spiro atoms. The number of piperidine rings is 1. The molecule has 0 aliphatic carbocycles. The lowest BCUT2D eigenvalue weighted by atomic mass is 9.94. The highest BCUT2D eigenvalue weighted by molar-refractivity contribution is 5.78. The molecule has 1 unspecified atom stereocenters. The van der Waals surface area contributed by atoms with Gasteiger partial charge in [-0.25, -0.2) is 0 Å². The van der Waals surface area contributed by atoms with Crippen molar-refractivity contribution in [2.75, 3.05) is 26.7 Å². The molecule has 0 aromatic heterocycles. The number of rotatable bonds is 7. The van der Waals surface area contributed by atoms with E-state index in [2.05, 4.69) is 17.1 Å². The van der Waals surface area contributed by atoms with Crippen LogP contribution in [-0.2, 0) is 4.79 Å². The second-order valence-corrected chi connectivity index (χ2v) is 5.87. The van der Waals surface area contributed by atoms with Gasteiger partial charge >= 0.3 is 5.97 Å². The number of likely N-dealkylation sites (tertiary alicyclic amines) is 1. The molecule has 0 saturated carbocycles. The summed E-state index contributed by atoms with van der Waals surface area (Å²) in [5, 5.41) is 12.0.